The first-order valence-electron chi connectivity index (χ1n) is 7.80. The third kappa shape index (κ3) is 3.25. The molecular weight excluding hydrogens is 352 g/mol. The van der Waals surface area contributed by atoms with E-state index >= 15 is 0 Å². The van der Waals surface area contributed by atoms with Gasteiger partial charge in [0.25, 0.3) is 0 Å². The molecule has 0 aliphatic carbocycles. The zero-order valence-corrected chi connectivity index (χ0v) is 15.5. The molecule has 4 rings (SSSR count). The second-order valence-corrected chi connectivity index (χ2v) is 7.33. The lowest BCUT2D eigenvalue weighted by Gasteiger charge is -2.11. The number of thiophene rings is 1. The van der Waals surface area contributed by atoms with Crippen molar-refractivity contribution in [3.05, 3.63) is 64.4 Å². The lowest BCUT2D eigenvalue weighted by molar-refractivity contribution is 0.391. The Hall–Kier alpha value is -2.38. The molecule has 1 aromatic carbocycles. The van der Waals surface area contributed by atoms with E-state index in [9.17, 15) is 0 Å². The Kier molecular flexibility index (Phi) is 4.42. The number of aryl methyl sites for hydroxylation is 1. The predicted molar refractivity (Wildman–Crippen MR) is 100 cm³/mol. The maximum atomic E-state index is 5.36. The van der Waals surface area contributed by atoms with Gasteiger partial charge in [-0.05, 0) is 42.5 Å². The number of benzene rings is 1. The topological polar surface area (TPSA) is 56.7 Å². The van der Waals surface area contributed by atoms with Crippen molar-refractivity contribution in [2.24, 2.45) is 0 Å². The predicted octanol–water partition coefficient (Wildman–Crippen LogP) is 4.89. The lowest BCUT2D eigenvalue weighted by Crippen LogP contribution is -1.99. The Bertz CT molecular complexity index is 988. The maximum absolute atomic E-state index is 5.36. The number of hydrogen-bond donors (Lipinski definition) is 0. The number of rotatable bonds is 5. The lowest BCUT2D eigenvalue weighted by atomic mass is 10.1. The van der Waals surface area contributed by atoms with Crippen molar-refractivity contribution in [3.8, 4) is 17.1 Å². The van der Waals surface area contributed by atoms with Gasteiger partial charge in [0.1, 0.15) is 0 Å². The molecule has 3 heterocycles. The summed E-state index contributed by atoms with van der Waals surface area (Å²) >= 11 is 3.20. The van der Waals surface area contributed by atoms with Crippen molar-refractivity contribution in [1.82, 2.24) is 19.7 Å². The minimum atomic E-state index is 0.582. The molecule has 0 aliphatic rings. The van der Waals surface area contributed by atoms with Gasteiger partial charge in [-0.1, -0.05) is 29.1 Å². The molecule has 0 fully saturated rings. The maximum Gasteiger partial charge on any atom is 0.237 e. The number of imidazole rings is 1. The molecule has 0 bridgehead atoms. The molecule has 0 saturated heterocycles. The second kappa shape index (κ2) is 6.85. The Morgan fingerprint density at radius 1 is 1.24 bits per heavy atom. The largest absolute Gasteiger partial charge is 0.338 e. The van der Waals surface area contributed by atoms with Crippen LogP contribution in [0.15, 0.2) is 57.1 Å². The van der Waals surface area contributed by atoms with Gasteiger partial charge in [-0.25, -0.2) is 4.98 Å². The molecular formula is C18H16N4OS2. The molecule has 0 spiro atoms. The highest BCUT2D eigenvalue weighted by molar-refractivity contribution is 7.98. The molecule has 5 nitrogen and oxygen atoms in total. The third-order valence-electron chi connectivity index (χ3n) is 4.01. The second-order valence-electron chi connectivity index (χ2n) is 5.61. The fourth-order valence-electron chi connectivity index (χ4n) is 2.53. The van der Waals surface area contributed by atoms with Crippen LogP contribution in [0, 0.1) is 13.8 Å². The van der Waals surface area contributed by atoms with Gasteiger partial charge in [0.15, 0.2) is 5.16 Å². The summed E-state index contributed by atoms with van der Waals surface area (Å²) < 4.78 is 7.46. The monoisotopic (exact) mass is 368 g/mol. The fourth-order valence-corrected chi connectivity index (χ4v) is 3.96. The van der Waals surface area contributed by atoms with E-state index in [-0.39, 0.29) is 0 Å². The van der Waals surface area contributed by atoms with Crippen LogP contribution < -0.4 is 0 Å². The van der Waals surface area contributed by atoms with Crippen LogP contribution in [0.5, 0.6) is 0 Å². The van der Waals surface area contributed by atoms with Crippen LogP contribution in [-0.4, -0.2) is 19.7 Å². The molecule has 0 atom stereocenters. The minimum Gasteiger partial charge on any atom is -0.338 e. The van der Waals surface area contributed by atoms with Crippen molar-refractivity contribution in [2.45, 2.75) is 24.8 Å². The summed E-state index contributed by atoms with van der Waals surface area (Å²) in [5, 5.41) is 8.96. The molecule has 0 unspecified atom stereocenters. The van der Waals surface area contributed by atoms with Crippen molar-refractivity contribution >= 4 is 23.1 Å². The molecule has 0 aliphatic heterocycles. The Balaban J connectivity index is 1.53. The molecule has 0 N–H and O–H groups in total. The van der Waals surface area contributed by atoms with E-state index < -0.39 is 0 Å². The molecule has 4 aromatic rings. The van der Waals surface area contributed by atoms with E-state index in [0.717, 1.165) is 16.4 Å². The van der Waals surface area contributed by atoms with Gasteiger partial charge in [-0.15, -0.1) is 0 Å². The smallest absolute Gasteiger partial charge is 0.237 e. The first-order valence-corrected chi connectivity index (χ1v) is 9.73. The zero-order chi connectivity index (χ0) is 17.2. The van der Waals surface area contributed by atoms with Crippen LogP contribution >= 0.6 is 23.1 Å². The standard InChI is InChI=1S/C18H16N4OS2/c1-12-4-3-5-15(13(12)2)22-8-7-19-18(22)25-11-16-20-17(21-23-16)14-6-9-24-10-14/h3-10H,11H2,1-2H3. The van der Waals surface area contributed by atoms with E-state index in [1.807, 2.05) is 29.2 Å². The van der Waals surface area contributed by atoms with Crippen LogP contribution in [0.25, 0.3) is 17.1 Å². The van der Waals surface area contributed by atoms with Crippen molar-refractivity contribution in [2.75, 3.05) is 0 Å². The summed E-state index contributed by atoms with van der Waals surface area (Å²) in [6.07, 6.45) is 3.80. The number of hydrogen-bond acceptors (Lipinski definition) is 6. The van der Waals surface area contributed by atoms with Gasteiger partial charge < -0.3 is 4.52 Å². The van der Waals surface area contributed by atoms with E-state index in [0.29, 0.717) is 17.5 Å². The average molecular weight is 368 g/mol. The van der Waals surface area contributed by atoms with Gasteiger partial charge >= 0.3 is 0 Å². The Labute approximate surface area is 153 Å². The molecule has 3 aromatic heterocycles. The summed E-state index contributed by atoms with van der Waals surface area (Å²) in [4.78, 5) is 8.93. The zero-order valence-electron chi connectivity index (χ0n) is 13.8. The molecule has 0 saturated carbocycles. The van der Waals surface area contributed by atoms with Crippen LogP contribution in [0.1, 0.15) is 17.0 Å². The van der Waals surface area contributed by atoms with E-state index in [1.54, 1.807) is 23.1 Å². The van der Waals surface area contributed by atoms with Gasteiger partial charge in [-0.2, -0.15) is 16.3 Å². The highest BCUT2D eigenvalue weighted by atomic mass is 32.2. The van der Waals surface area contributed by atoms with Crippen molar-refractivity contribution in [1.29, 1.82) is 0 Å². The van der Waals surface area contributed by atoms with Gasteiger partial charge in [0, 0.05) is 23.3 Å². The summed E-state index contributed by atoms with van der Waals surface area (Å²) in [5.74, 6) is 1.82. The summed E-state index contributed by atoms with van der Waals surface area (Å²) in [7, 11) is 0. The molecule has 7 heteroatoms. The van der Waals surface area contributed by atoms with E-state index in [4.69, 9.17) is 4.52 Å². The first kappa shape index (κ1) is 16.1. The summed E-state index contributed by atoms with van der Waals surface area (Å²) in [6, 6.07) is 8.28. The molecule has 0 amide bonds. The van der Waals surface area contributed by atoms with Crippen LogP contribution in [0.4, 0.5) is 0 Å². The van der Waals surface area contributed by atoms with Crippen LogP contribution in [0.2, 0.25) is 0 Å². The van der Waals surface area contributed by atoms with Gasteiger partial charge in [0.05, 0.1) is 11.4 Å². The number of aromatic nitrogens is 4. The number of nitrogens with zero attached hydrogens (tertiary/aromatic N) is 4. The Morgan fingerprint density at radius 2 is 2.16 bits per heavy atom. The van der Waals surface area contributed by atoms with Gasteiger partial charge in [0.2, 0.25) is 11.7 Å². The average Bonchev–Trinajstić information content (AvgIpc) is 3.36. The van der Waals surface area contributed by atoms with E-state index in [1.165, 1.54) is 11.1 Å². The number of thioether (sulfide) groups is 1. The molecule has 25 heavy (non-hydrogen) atoms. The van der Waals surface area contributed by atoms with Gasteiger partial charge in [-0.3, -0.25) is 4.57 Å². The SMILES string of the molecule is Cc1cccc(-n2ccnc2SCc2nc(-c3ccsc3)no2)c1C. The third-order valence-corrected chi connectivity index (χ3v) is 5.65. The van der Waals surface area contributed by atoms with Crippen molar-refractivity contribution < 1.29 is 4.52 Å². The Morgan fingerprint density at radius 3 is 3.00 bits per heavy atom. The normalized spacial score (nSPS) is 11.1. The highest BCUT2D eigenvalue weighted by Crippen LogP contribution is 2.27. The van der Waals surface area contributed by atoms with Crippen LogP contribution in [-0.2, 0) is 5.75 Å². The van der Waals surface area contributed by atoms with Crippen LogP contribution in [0.3, 0.4) is 0 Å². The summed E-state index contributed by atoms with van der Waals surface area (Å²) in [5.41, 5.74) is 4.64. The molecule has 126 valence electrons. The minimum absolute atomic E-state index is 0.582. The summed E-state index contributed by atoms with van der Waals surface area (Å²) in [6.45, 7) is 4.25. The van der Waals surface area contributed by atoms with E-state index in [2.05, 4.69) is 51.7 Å². The quantitative estimate of drug-likeness (QED) is 0.469. The first-order chi connectivity index (χ1) is 12.2. The van der Waals surface area contributed by atoms with Crippen molar-refractivity contribution in [3.63, 3.8) is 0 Å². The molecule has 0 radical (unpaired) electrons. The fraction of sp³-hybridized carbons (Fsp3) is 0.167. The highest BCUT2D eigenvalue weighted by Gasteiger charge is 2.13.